The lowest BCUT2D eigenvalue weighted by atomic mass is 10.0. The Morgan fingerprint density at radius 2 is 2.05 bits per heavy atom. The van der Waals surface area contributed by atoms with E-state index in [0.717, 1.165) is 63.5 Å². The smallest absolute Gasteiger partial charge is 0.226 e. The third-order valence-electron chi connectivity index (χ3n) is 4.88. The third-order valence-corrected chi connectivity index (χ3v) is 4.88. The van der Waals surface area contributed by atoms with Gasteiger partial charge in [-0.05, 0) is 38.6 Å². The molecule has 2 atom stereocenters. The second-order valence-corrected chi connectivity index (χ2v) is 6.46. The fraction of sp³-hybridized carbons (Fsp3) is 0.812. The Hall–Kier alpha value is -1.43. The van der Waals surface area contributed by atoms with Crippen LogP contribution in [0.4, 0.5) is 0 Å². The van der Waals surface area contributed by atoms with E-state index in [4.69, 9.17) is 4.52 Å². The number of aryl methyl sites for hydroxylation is 1. The Bertz CT molecular complexity index is 516. The van der Waals surface area contributed by atoms with Gasteiger partial charge in [0.15, 0.2) is 5.82 Å². The summed E-state index contributed by atoms with van der Waals surface area (Å²) in [5.74, 6) is 1.72. The molecular weight excluding hydrogens is 280 g/mol. The highest BCUT2D eigenvalue weighted by atomic mass is 16.5. The minimum Gasteiger partial charge on any atom is -0.339 e. The molecular formula is C16H26N4O2. The van der Waals surface area contributed by atoms with E-state index in [1.54, 1.807) is 6.92 Å². The first kappa shape index (κ1) is 15.5. The van der Waals surface area contributed by atoms with Crippen LogP contribution in [0, 0.1) is 0 Å². The van der Waals surface area contributed by atoms with Crippen LogP contribution in [-0.2, 0) is 17.8 Å². The Labute approximate surface area is 131 Å². The zero-order valence-electron chi connectivity index (χ0n) is 13.6. The van der Waals surface area contributed by atoms with Crippen molar-refractivity contribution in [2.75, 3.05) is 13.1 Å². The van der Waals surface area contributed by atoms with Crippen LogP contribution in [0.2, 0.25) is 0 Å². The van der Waals surface area contributed by atoms with Crippen molar-refractivity contribution in [3.8, 4) is 0 Å². The minimum absolute atomic E-state index is 0.208. The van der Waals surface area contributed by atoms with Gasteiger partial charge >= 0.3 is 0 Å². The lowest BCUT2D eigenvalue weighted by Gasteiger charge is -2.34. The summed E-state index contributed by atoms with van der Waals surface area (Å²) in [4.78, 5) is 20.8. The van der Waals surface area contributed by atoms with Gasteiger partial charge in [-0.25, -0.2) is 0 Å². The topological polar surface area (TPSA) is 62.5 Å². The number of rotatable bonds is 5. The molecule has 6 nitrogen and oxygen atoms in total. The van der Waals surface area contributed by atoms with Crippen LogP contribution in [0.3, 0.4) is 0 Å². The molecule has 0 spiro atoms. The first-order valence-electron chi connectivity index (χ1n) is 8.51. The van der Waals surface area contributed by atoms with Crippen LogP contribution in [0.25, 0.3) is 0 Å². The second kappa shape index (κ2) is 6.77. The van der Waals surface area contributed by atoms with E-state index >= 15 is 0 Å². The molecule has 2 saturated heterocycles. The molecule has 3 rings (SSSR count). The van der Waals surface area contributed by atoms with Crippen LogP contribution in [0.5, 0.6) is 0 Å². The monoisotopic (exact) mass is 306 g/mol. The molecule has 2 aliphatic heterocycles. The fourth-order valence-corrected chi connectivity index (χ4v) is 3.92. The van der Waals surface area contributed by atoms with Crippen molar-refractivity contribution in [1.82, 2.24) is 19.9 Å². The molecule has 3 heterocycles. The van der Waals surface area contributed by atoms with E-state index < -0.39 is 0 Å². The summed E-state index contributed by atoms with van der Waals surface area (Å²) in [6.45, 7) is 6.50. The number of aromatic nitrogens is 2. The molecule has 0 radical (unpaired) electrons. The minimum atomic E-state index is 0.208. The van der Waals surface area contributed by atoms with Crippen LogP contribution < -0.4 is 0 Å². The molecule has 0 aromatic carbocycles. The van der Waals surface area contributed by atoms with Gasteiger partial charge in [0.2, 0.25) is 11.8 Å². The van der Waals surface area contributed by atoms with Gasteiger partial charge in [-0.1, -0.05) is 12.1 Å². The van der Waals surface area contributed by atoms with Gasteiger partial charge < -0.3 is 9.42 Å². The highest BCUT2D eigenvalue weighted by Gasteiger charge is 2.39. The maximum atomic E-state index is 11.8. The van der Waals surface area contributed by atoms with Crippen molar-refractivity contribution >= 4 is 5.91 Å². The van der Waals surface area contributed by atoms with Gasteiger partial charge in [0, 0.05) is 32.0 Å². The molecule has 1 aromatic rings. The van der Waals surface area contributed by atoms with Crippen LogP contribution >= 0.6 is 0 Å². The average Bonchev–Trinajstić information content (AvgIpc) is 3.19. The lowest BCUT2D eigenvalue weighted by Crippen LogP contribution is -2.47. The predicted molar refractivity (Wildman–Crippen MR) is 82.1 cm³/mol. The zero-order valence-corrected chi connectivity index (χ0v) is 13.6. The van der Waals surface area contributed by atoms with Gasteiger partial charge in [-0.2, -0.15) is 4.98 Å². The number of carbonyl (C=O) groups is 1. The molecule has 0 N–H and O–H groups in total. The number of amides is 1. The summed E-state index contributed by atoms with van der Waals surface area (Å²) < 4.78 is 5.28. The number of hydrogen-bond donors (Lipinski definition) is 0. The second-order valence-electron chi connectivity index (χ2n) is 6.46. The summed E-state index contributed by atoms with van der Waals surface area (Å²) in [7, 11) is 0. The first-order valence-corrected chi connectivity index (χ1v) is 8.51. The van der Waals surface area contributed by atoms with Gasteiger partial charge in [0.25, 0.3) is 0 Å². The number of carbonyl (C=O) groups excluding carboxylic acids is 1. The summed E-state index contributed by atoms with van der Waals surface area (Å²) in [6.07, 6.45) is 6.45. The van der Waals surface area contributed by atoms with Crippen molar-refractivity contribution in [2.45, 2.75) is 71.0 Å². The molecule has 0 bridgehead atoms. The SMILES string of the molecule is CCCc1nc(CN2CCCC2C2CCCN2C(C)=O)no1. The Balaban J connectivity index is 1.66. The molecule has 0 aliphatic carbocycles. The van der Waals surface area contributed by atoms with Crippen LogP contribution in [-0.4, -0.2) is 51.0 Å². The van der Waals surface area contributed by atoms with Crippen molar-refractivity contribution in [2.24, 2.45) is 0 Å². The molecule has 1 amide bonds. The van der Waals surface area contributed by atoms with Crippen molar-refractivity contribution in [1.29, 1.82) is 0 Å². The quantitative estimate of drug-likeness (QED) is 0.832. The Morgan fingerprint density at radius 1 is 1.27 bits per heavy atom. The molecule has 6 heteroatoms. The maximum Gasteiger partial charge on any atom is 0.226 e. The Morgan fingerprint density at radius 3 is 2.82 bits per heavy atom. The van der Waals surface area contributed by atoms with E-state index in [2.05, 4.69) is 26.9 Å². The summed E-state index contributed by atoms with van der Waals surface area (Å²) in [5, 5.41) is 4.11. The van der Waals surface area contributed by atoms with Gasteiger partial charge in [-0.3, -0.25) is 9.69 Å². The van der Waals surface area contributed by atoms with E-state index in [-0.39, 0.29) is 5.91 Å². The highest BCUT2D eigenvalue weighted by Crippen LogP contribution is 2.30. The van der Waals surface area contributed by atoms with E-state index in [9.17, 15) is 4.79 Å². The molecule has 2 fully saturated rings. The molecule has 0 saturated carbocycles. The first-order chi connectivity index (χ1) is 10.7. The maximum absolute atomic E-state index is 11.8. The lowest BCUT2D eigenvalue weighted by molar-refractivity contribution is -0.130. The normalized spacial score (nSPS) is 26.0. The number of hydrogen-bond acceptors (Lipinski definition) is 5. The average molecular weight is 306 g/mol. The number of nitrogens with zero attached hydrogens (tertiary/aromatic N) is 4. The van der Waals surface area contributed by atoms with Crippen LogP contribution in [0.15, 0.2) is 4.52 Å². The fourth-order valence-electron chi connectivity index (χ4n) is 3.92. The van der Waals surface area contributed by atoms with E-state index in [1.807, 2.05) is 0 Å². The van der Waals surface area contributed by atoms with Crippen LogP contribution in [0.1, 0.15) is 57.7 Å². The van der Waals surface area contributed by atoms with Crippen molar-refractivity contribution in [3.05, 3.63) is 11.7 Å². The van der Waals surface area contributed by atoms with Gasteiger partial charge in [-0.15, -0.1) is 0 Å². The molecule has 22 heavy (non-hydrogen) atoms. The summed E-state index contributed by atoms with van der Waals surface area (Å²) in [6, 6.07) is 0.807. The summed E-state index contributed by atoms with van der Waals surface area (Å²) in [5.41, 5.74) is 0. The van der Waals surface area contributed by atoms with E-state index in [0.29, 0.717) is 12.1 Å². The molecule has 2 aliphatic rings. The summed E-state index contributed by atoms with van der Waals surface area (Å²) >= 11 is 0. The van der Waals surface area contributed by atoms with Gasteiger partial charge in [0.1, 0.15) is 0 Å². The van der Waals surface area contributed by atoms with Crippen molar-refractivity contribution < 1.29 is 9.32 Å². The predicted octanol–water partition coefficient (Wildman–Crippen LogP) is 2.00. The molecule has 1 aromatic heterocycles. The zero-order chi connectivity index (χ0) is 15.5. The van der Waals surface area contributed by atoms with Gasteiger partial charge in [0.05, 0.1) is 6.54 Å². The number of likely N-dealkylation sites (tertiary alicyclic amines) is 2. The largest absolute Gasteiger partial charge is 0.339 e. The highest BCUT2D eigenvalue weighted by molar-refractivity contribution is 5.74. The molecule has 122 valence electrons. The standard InChI is InChI=1S/C16H26N4O2/c1-3-6-16-17-15(18-22-16)11-19-9-4-7-13(19)14-8-5-10-20(14)12(2)21/h13-14H,3-11H2,1-2H3. The molecule has 2 unspecified atom stereocenters. The van der Waals surface area contributed by atoms with Crippen molar-refractivity contribution in [3.63, 3.8) is 0 Å². The Kier molecular flexibility index (Phi) is 4.76. The third kappa shape index (κ3) is 3.16. The van der Waals surface area contributed by atoms with E-state index in [1.165, 1.54) is 6.42 Å².